The summed E-state index contributed by atoms with van der Waals surface area (Å²) in [5.41, 5.74) is 2.66. The summed E-state index contributed by atoms with van der Waals surface area (Å²) >= 11 is 1.25. The smallest absolute Gasteiger partial charge is 0.277 e. The van der Waals surface area contributed by atoms with Gasteiger partial charge in [-0.1, -0.05) is 30.0 Å². The highest BCUT2D eigenvalue weighted by atomic mass is 32.2. The third-order valence-corrected chi connectivity index (χ3v) is 4.16. The molecule has 0 atom stereocenters. The number of hydrogen-bond donors (Lipinski definition) is 0. The number of carbonyl (C=O) groups is 1. The van der Waals surface area contributed by atoms with Gasteiger partial charge in [0.05, 0.1) is 11.4 Å². The summed E-state index contributed by atoms with van der Waals surface area (Å²) in [5.74, 6) is 0.785. The van der Waals surface area contributed by atoms with E-state index in [1.165, 1.54) is 11.8 Å². The first-order chi connectivity index (χ1) is 10.6. The molecule has 0 spiro atoms. The number of carbonyl (C=O) groups excluding carboxylic acids is 1. The molecule has 22 heavy (non-hydrogen) atoms. The van der Waals surface area contributed by atoms with Crippen molar-refractivity contribution in [2.75, 3.05) is 5.75 Å². The van der Waals surface area contributed by atoms with Crippen LogP contribution in [0, 0.1) is 6.92 Å². The minimum atomic E-state index is 0.0353. The van der Waals surface area contributed by atoms with Crippen LogP contribution in [0.2, 0.25) is 0 Å². The lowest BCUT2D eigenvalue weighted by molar-refractivity contribution is 0.101. The average molecular weight is 313 g/mol. The highest BCUT2D eigenvalue weighted by Crippen LogP contribution is 2.25. The first-order valence-corrected chi connectivity index (χ1v) is 7.80. The molecule has 0 saturated heterocycles. The van der Waals surface area contributed by atoms with Crippen LogP contribution in [0.1, 0.15) is 16.1 Å². The second kappa shape index (κ2) is 6.19. The van der Waals surface area contributed by atoms with Gasteiger partial charge >= 0.3 is 0 Å². The summed E-state index contributed by atoms with van der Waals surface area (Å²) in [6.45, 7) is 1.99. The number of ketones is 1. The van der Waals surface area contributed by atoms with Crippen LogP contribution in [-0.4, -0.2) is 26.3 Å². The monoisotopic (exact) mass is 313 g/mol. The number of nitrogens with zero attached hydrogens (tertiary/aromatic N) is 3. The lowest BCUT2D eigenvalue weighted by atomic mass is 10.1. The van der Waals surface area contributed by atoms with Gasteiger partial charge in [-0.05, 0) is 30.7 Å². The quantitative estimate of drug-likeness (QED) is 0.534. The van der Waals surface area contributed by atoms with E-state index in [1.54, 1.807) is 10.6 Å². The molecule has 0 aliphatic heterocycles. The van der Waals surface area contributed by atoms with Gasteiger partial charge in [0.2, 0.25) is 5.89 Å². The number of aryl methyl sites for hydroxylation is 2. The topological polar surface area (TPSA) is 60.9 Å². The van der Waals surface area contributed by atoms with Gasteiger partial charge < -0.3 is 8.98 Å². The van der Waals surface area contributed by atoms with E-state index < -0.39 is 0 Å². The van der Waals surface area contributed by atoms with Gasteiger partial charge in [0.25, 0.3) is 5.22 Å². The van der Waals surface area contributed by atoms with Crippen molar-refractivity contribution >= 4 is 17.5 Å². The number of rotatable bonds is 5. The highest BCUT2D eigenvalue weighted by molar-refractivity contribution is 7.99. The molecule has 1 aromatic carbocycles. The Morgan fingerprint density at radius 1 is 1.23 bits per heavy atom. The van der Waals surface area contributed by atoms with E-state index in [0.29, 0.717) is 16.8 Å². The maximum absolute atomic E-state index is 12.1. The summed E-state index contributed by atoms with van der Waals surface area (Å²) < 4.78 is 7.43. The zero-order valence-corrected chi connectivity index (χ0v) is 13.1. The molecule has 2 aromatic heterocycles. The molecular weight excluding hydrogens is 298 g/mol. The molecule has 0 aliphatic rings. The minimum Gasteiger partial charge on any atom is -0.411 e. The van der Waals surface area contributed by atoms with Crippen LogP contribution in [0.3, 0.4) is 0 Å². The van der Waals surface area contributed by atoms with Gasteiger partial charge in [-0.3, -0.25) is 4.79 Å². The Labute approximate surface area is 132 Å². The Morgan fingerprint density at radius 2 is 2.05 bits per heavy atom. The van der Waals surface area contributed by atoms with Gasteiger partial charge in [0.1, 0.15) is 0 Å². The zero-order chi connectivity index (χ0) is 15.5. The fourth-order valence-electron chi connectivity index (χ4n) is 2.14. The van der Waals surface area contributed by atoms with Crippen LogP contribution in [0.5, 0.6) is 0 Å². The Kier molecular flexibility index (Phi) is 4.11. The van der Waals surface area contributed by atoms with Crippen LogP contribution < -0.4 is 0 Å². The maximum Gasteiger partial charge on any atom is 0.277 e. The molecule has 6 heteroatoms. The van der Waals surface area contributed by atoms with Gasteiger partial charge in [0.15, 0.2) is 5.78 Å². The molecule has 0 fully saturated rings. The Hall–Kier alpha value is -2.34. The molecule has 0 amide bonds. The van der Waals surface area contributed by atoms with Crippen molar-refractivity contribution in [3.05, 3.63) is 53.9 Å². The fraction of sp³-hybridized carbons (Fsp3) is 0.188. The van der Waals surface area contributed by atoms with Crippen molar-refractivity contribution in [3.63, 3.8) is 0 Å². The molecule has 0 unspecified atom stereocenters. The molecule has 0 saturated carbocycles. The second-order valence-corrected chi connectivity index (χ2v) is 5.83. The van der Waals surface area contributed by atoms with E-state index in [-0.39, 0.29) is 11.5 Å². The lowest BCUT2D eigenvalue weighted by Crippen LogP contribution is -2.07. The van der Waals surface area contributed by atoms with Gasteiger partial charge in [-0.2, -0.15) is 0 Å². The molecule has 5 nitrogen and oxygen atoms in total. The zero-order valence-electron chi connectivity index (χ0n) is 12.3. The fourth-order valence-corrected chi connectivity index (χ4v) is 2.78. The lowest BCUT2D eigenvalue weighted by Gasteiger charge is -2.00. The summed E-state index contributed by atoms with van der Waals surface area (Å²) in [4.78, 5) is 12.1. The van der Waals surface area contributed by atoms with Crippen molar-refractivity contribution in [1.29, 1.82) is 0 Å². The van der Waals surface area contributed by atoms with E-state index in [1.807, 2.05) is 50.5 Å². The van der Waals surface area contributed by atoms with Crippen LogP contribution >= 0.6 is 11.8 Å². The highest BCUT2D eigenvalue weighted by Gasteiger charge is 2.14. The van der Waals surface area contributed by atoms with Crippen LogP contribution in [0.15, 0.2) is 52.2 Å². The third kappa shape index (κ3) is 2.96. The van der Waals surface area contributed by atoms with Crippen LogP contribution in [-0.2, 0) is 7.05 Å². The van der Waals surface area contributed by atoms with E-state index in [2.05, 4.69) is 10.2 Å². The number of Topliss-reactive ketones (excluding diaryl/α,β-unsaturated/α-hetero) is 1. The molecule has 112 valence electrons. The van der Waals surface area contributed by atoms with E-state index >= 15 is 0 Å². The Bertz CT molecular complexity index is 807. The maximum atomic E-state index is 12.1. The molecule has 3 aromatic rings. The number of hydrogen-bond acceptors (Lipinski definition) is 5. The number of thioether (sulfide) groups is 1. The SMILES string of the molecule is Cc1ccccc1-c1nnc(SCC(=O)c2cccn2C)o1. The molecule has 0 N–H and O–H groups in total. The largest absolute Gasteiger partial charge is 0.411 e. The first-order valence-electron chi connectivity index (χ1n) is 6.82. The van der Waals surface area contributed by atoms with Crippen molar-refractivity contribution in [2.45, 2.75) is 12.1 Å². The van der Waals surface area contributed by atoms with Gasteiger partial charge in [-0.15, -0.1) is 10.2 Å². The van der Waals surface area contributed by atoms with Crippen molar-refractivity contribution in [1.82, 2.24) is 14.8 Å². The van der Waals surface area contributed by atoms with Gasteiger partial charge in [0, 0.05) is 18.8 Å². The molecule has 0 bridgehead atoms. The Morgan fingerprint density at radius 3 is 2.77 bits per heavy atom. The number of aromatic nitrogens is 3. The standard InChI is InChI=1S/C16H15N3O2S/c1-11-6-3-4-7-12(11)15-17-18-16(21-15)22-10-14(20)13-8-5-9-19(13)2/h3-9H,10H2,1-2H3. The average Bonchev–Trinajstić information content (AvgIpc) is 3.14. The second-order valence-electron chi connectivity index (χ2n) is 4.90. The predicted octanol–water partition coefficient (Wildman–Crippen LogP) is 3.36. The summed E-state index contributed by atoms with van der Waals surface area (Å²) in [6.07, 6.45) is 1.85. The summed E-state index contributed by atoms with van der Waals surface area (Å²) in [6, 6.07) is 11.5. The van der Waals surface area contributed by atoms with E-state index in [4.69, 9.17) is 4.42 Å². The first kappa shape index (κ1) is 14.6. The van der Waals surface area contributed by atoms with Crippen LogP contribution in [0.4, 0.5) is 0 Å². The molecule has 3 rings (SSSR count). The van der Waals surface area contributed by atoms with Crippen molar-refractivity contribution in [3.8, 4) is 11.5 Å². The van der Waals surface area contributed by atoms with E-state index in [0.717, 1.165) is 11.1 Å². The van der Waals surface area contributed by atoms with Crippen molar-refractivity contribution in [2.24, 2.45) is 7.05 Å². The molecule has 2 heterocycles. The normalized spacial score (nSPS) is 10.8. The molecular formula is C16H15N3O2S. The third-order valence-electron chi connectivity index (χ3n) is 3.34. The summed E-state index contributed by atoms with van der Waals surface area (Å²) in [5, 5.41) is 8.45. The number of benzene rings is 1. The molecule has 0 radical (unpaired) electrons. The predicted molar refractivity (Wildman–Crippen MR) is 84.9 cm³/mol. The van der Waals surface area contributed by atoms with Gasteiger partial charge in [-0.25, -0.2) is 0 Å². The minimum absolute atomic E-state index is 0.0353. The van der Waals surface area contributed by atoms with Crippen molar-refractivity contribution < 1.29 is 9.21 Å². The molecule has 0 aliphatic carbocycles. The Balaban J connectivity index is 1.69. The van der Waals surface area contributed by atoms with Crippen LogP contribution in [0.25, 0.3) is 11.5 Å². The summed E-state index contributed by atoms with van der Waals surface area (Å²) in [7, 11) is 1.85. The van der Waals surface area contributed by atoms with E-state index in [9.17, 15) is 4.79 Å².